The molecule has 1 fully saturated rings. The van der Waals surface area contributed by atoms with Gasteiger partial charge in [0, 0.05) is 49.5 Å². The lowest BCUT2D eigenvalue weighted by molar-refractivity contribution is -0.143. The van der Waals surface area contributed by atoms with Crippen LogP contribution in [0.15, 0.2) is 126 Å². The van der Waals surface area contributed by atoms with E-state index in [9.17, 15) is 57.8 Å². The molecular formula is C87H130N20O14. The average molecular weight is 1680 g/mol. The van der Waals surface area contributed by atoms with Gasteiger partial charge in [-0.15, -0.1) is 0 Å². The molecule has 2 heterocycles. The summed E-state index contributed by atoms with van der Waals surface area (Å²) < 4.78 is 0. The number of H-pyrrole nitrogens is 1. The van der Waals surface area contributed by atoms with Crippen molar-refractivity contribution in [3.8, 4) is 0 Å². The van der Waals surface area contributed by atoms with Crippen molar-refractivity contribution in [3.63, 3.8) is 0 Å². The molecule has 0 spiro atoms. The zero-order valence-electron chi connectivity index (χ0n) is 71.0. The molecule has 662 valence electrons. The standard InChI is InChI=1S/C87H130N20O14/c1-9-54(8)73(85(120)99-65(74(91)109)43-51(2)3)106-78(113)64(37-25-41-94-87(92)93)96-76(111)62(35-21-23-39-88)97-79(114)66(44-52(4)5)100-80(115)67(46-56-29-15-11-16-30-56)101-77(112)63(36-22-24-40-89)98-83(118)70(50-108)104-81(116)68(47-57-31-17-12-18-32-57)102-82(117)69(48-58-49-95-61-34-20-19-33-59(58)61)103-84(119)71-38-26-42-107(71)86(121)72(53(6)7)105-75(110)60(90)45-55-27-13-10-14-28-55/h10-20,27-34,49,51-54,60,62-73,95,108H,9,21-26,35-48,50,88-90H2,1-8H3,(H2,91,109)(H,96,111)(H,97,114)(H,98,118)(H,99,120)(H,100,115)(H,101,112)(H,102,117)(H,103,119)(H,104,116)(H,105,110)(H,106,113)(H4,92,93,94)/t54-,60-,62+,63-,64-,65-,66+,67-,68-,69-,70-,71-,72-,73-/m0/s1. The van der Waals surface area contributed by atoms with Crippen LogP contribution >= 0.6 is 0 Å². The maximum Gasteiger partial charge on any atom is 0.246 e. The fourth-order valence-electron chi connectivity index (χ4n) is 14.4. The molecule has 1 saturated heterocycles. The first kappa shape index (κ1) is 98.5. The fraction of sp³-hybridized carbons (Fsp3) is 0.540. The summed E-state index contributed by atoms with van der Waals surface area (Å²) >= 11 is 0. The first-order valence-electron chi connectivity index (χ1n) is 42.2. The highest BCUT2D eigenvalue weighted by Crippen LogP contribution is 2.25. The van der Waals surface area contributed by atoms with Gasteiger partial charge < -0.3 is 108 Å². The Labute approximate surface area is 708 Å². The first-order chi connectivity index (χ1) is 57.7. The number of unbranched alkanes of at least 4 members (excludes halogenated alkanes) is 2. The minimum atomic E-state index is -1.78. The number of carbonyl (C=O) groups excluding carboxylic acids is 13. The number of rotatable bonds is 52. The summed E-state index contributed by atoms with van der Waals surface area (Å²) in [6.45, 7) is 14.0. The minimum absolute atomic E-state index is 0.00637. The molecule has 5 aromatic rings. The van der Waals surface area contributed by atoms with E-state index in [0.29, 0.717) is 48.8 Å². The molecule has 4 aromatic carbocycles. The van der Waals surface area contributed by atoms with Crippen LogP contribution in [0.5, 0.6) is 0 Å². The number of nitrogens with one attached hydrogen (secondary N) is 12. The Morgan fingerprint density at radius 2 is 0.876 bits per heavy atom. The highest BCUT2D eigenvalue weighted by molar-refractivity contribution is 6.01. The summed E-state index contributed by atoms with van der Waals surface area (Å²) in [7, 11) is 0. The van der Waals surface area contributed by atoms with Crippen molar-refractivity contribution >= 4 is 93.7 Å². The molecule has 13 amide bonds. The Morgan fingerprint density at radius 3 is 1.36 bits per heavy atom. The van der Waals surface area contributed by atoms with Gasteiger partial charge in [0.25, 0.3) is 0 Å². The quantitative estimate of drug-likeness (QED) is 0.0145. The van der Waals surface area contributed by atoms with Crippen molar-refractivity contribution in [1.82, 2.24) is 68.4 Å². The number of para-hydroxylation sites is 1. The van der Waals surface area contributed by atoms with Gasteiger partial charge in [0.05, 0.1) is 12.6 Å². The number of carbonyl (C=O) groups is 13. The number of nitrogens with zero attached hydrogens (tertiary/aromatic N) is 2. The van der Waals surface area contributed by atoms with Crippen molar-refractivity contribution in [2.45, 2.75) is 243 Å². The Kier molecular flexibility index (Phi) is 41.2. The maximum atomic E-state index is 15.2. The molecule has 0 unspecified atom stereocenters. The molecule has 121 heavy (non-hydrogen) atoms. The van der Waals surface area contributed by atoms with Crippen molar-refractivity contribution in [3.05, 3.63) is 144 Å². The Hall–Kier alpha value is -11.4. The van der Waals surface area contributed by atoms with Crippen LogP contribution in [0.2, 0.25) is 0 Å². The molecule has 6 rings (SSSR count). The van der Waals surface area contributed by atoms with Crippen molar-refractivity contribution in [2.75, 3.05) is 32.8 Å². The number of aliphatic hydroxyl groups excluding tert-OH is 1. The van der Waals surface area contributed by atoms with E-state index in [2.05, 4.69) is 68.5 Å². The molecule has 1 aromatic heterocycles. The van der Waals surface area contributed by atoms with Gasteiger partial charge in [0.15, 0.2) is 5.96 Å². The van der Waals surface area contributed by atoms with Crippen LogP contribution in [-0.4, -0.2) is 209 Å². The van der Waals surface area contributed by atoms with E-state index in [1.807, 2.05) is 75.4 Å². The topological polar surface area (TPSA) is 562 Å². The molecule has 14 atom stereocenters. The van der Waals surface area contributed by atoms with Crippen molar-refractivity contribution in [1.29, 1.82) is 0 Å². The summed E-state index contributed by atoms with van der Waals surface area (Å²) in [4.78, 5) is 197. The molecule has 0 saturated carbocycles. The van der Waals surface area contributed by atoms with Gasteiger partial charge in [-0.2, -0.15) is 0 Å². The summed E-state index contributed by atoms with van der Waals surface area (Å²) in [5.74, 6) is -11.5. The zero-order chi connectivity index (χ0) is 88.8. The van der Waals surface area contributed by atoms with Crippen LogP contribution in [0, 0.1) is 23.7 Å². The number of aromatic nitrogens is 1. The van der Waals surface area contributed by atoms with Crippen molar-refractivity contribution in [2.24, 2.45) is 63.1 Å². The van der Waals surface area contributed by atoms with Gasteiger partial charge in [0.1, 0.15) is 72.5 Å². The largest absolute Gasteiger partial charge is 0.394 e. The number of aliphatic hydroxyl groups is 1. The van der Waals surface area contributed by atoms with Gasteiger partial charge in [-0.25, -0.2) is 0 Å². The Morgan fingerprint density at radius 1 is 0.463 bits per heavy atom. The van der Waals surface area contributed by atoms with Crippen molar-refractivity contribution < 1.29 is 67.4 Å². The second-order valence-electron chi connectivity index (χ2n) is 32.4. The number of benzene rings is 4. The van der Waals surface area contributed by atoms with Gasteiger partial charge >= 0.3 is 0 Å². The first-order valence-corrected chi connectivity index (χ1v) is 42.2. The van der Waals surface area contributed by atoms with E-state index in [1.54, 1.807) is 101 Å². The number of guanidine groups is 1. The van der Waals surface area contributed by atoms with Crippen LogP contribution in [0.25, 0.3) is 10.9 Å². The summed E-state index contributed by atoms with van der Waals surface area (Å²) in [6, 6.07) is 16.7. The third-order valence-corrected chi connectivity index (χ3v) is 21.3. The van der Waals surface area contributed by atoms with E-state index >= 15 is 9.59 Å². The normalized spacial score (nSPS) is 15.9. The van der Waals surface area contributed by atoms with Gasteiger partial charge in [0.2, 0.25) is 76.8 Å². The molecule has 0 aliphatic carbocycles. The molecular weight excluding hydrogens is 1550 g/mol. The third kappa shape index (κ3) is 32.3. The number of hydrogen-bond donors (Lipinski definition) is 19. The van der Waals surface area contributed by atoms with E-state index in [1.165, 1.54) is 4.90 Å². The molecule has 34 heteroatoms. The lowest BCUT2D eigenvalue weighted by atomic mass is 9.96. The van der Waals surface area contributed by atoms with Gasteiger partial charge in [-0.05, 0) is 149 Å². The van der Waals surface area contributed by atoms with Crippen LogP contribution in [0.4, 0.5) is 0 Å². The zero-order valence-corrected chi connectivity index (χ0v) is 71.0. The number of primary amides is 1. The lowest BCUT2D eigenvalue weighted by Gasteiger charge is -2.32. The van der Waals surface area contributed by atoms with Crippen LogP contribution in [0.1, 0.15) is 161 Å². The molecule has 0 radical (unpaired) electrons. The maximum absolute atomic E-state index is 15.2. The lowest BCUT2D eigenvalue weighted by Crippen LogP contribution is -2.62. The SMILES string of the molecule is CC[C@H](C)[C@H](NC(=O)[C@H](CCCN=C(N)N)NC(=O)[C@@H](CCCCN)NC(=O)[C@@H](CC(C)C)NC(=O)[C@H](Cc1ccccc1)NC(=O)[C@H](CCCCN)NC(=O)[C@H](CO)NC(=O)[C@H](Cc1ccccc1)NC(=O)[C@H](Cc1c[nH]c2ccccc12)NC(=O)[C@@H]1CCCN1C(=O)[C@@H](NC(=O)[C@@H](N)Cc1ccccc1)C(C)C)C(=O)N[C@@H](CC(C)C)C(N)=O. The summed E-state index contributed by atoms with van der Waals surface area (Å²) in [6.07, 6.45) is 4.16. The Bertz CT molecular complexity index is 4220. The summed E-state index contributed by atoms with van der Waals surface area (Å²) in [5, 5.41) is 42.2. The van der Waals surface area contributed by atoms with Gasteiger partial charge in [-0.1, -0.05) is 171 Å². The number of nitrogens with two attached hydrogens (primary N) is 6. The van der Waals surface area contributed by atoms with E-state index in [-0.39, 0.29) is 121 Å². The predicted octanol–water partition coefficient (Wildman–Crippen LogP) is 0.673. The third-order valence-electron chi connectivity index (χ3n) is 21.3. The molecule has 1 aliphatic heterocycles. The highest BCUT2D eigenvalue weighted by Gasteiger charge is 2.42. The monoisotopic (exact) mass is 1680 g/mol. The smallest absolute Gasteiger partial charge is 0.246 e. The second kappa shape index (κ2) is 50.7. The van der Waals surface area contributed by atoms with Crippen LogP contribution in [0.3, 0.4) is 0 Å². The number of amides is 13. The molecule has 1 aliphatic rings. The number of hydrogen-bond acceptors (Lipinski definition) is 18. The molecule has 25 N–H and O–H groups in total. The number of aliphatic imine (C=N–C) groups is 1. The van der Waals surface area contributed by atoms with Gasteiger partial charge in [-0.3, -0.25) is 67.3 Å². The number of aromatic amines is 1. The molecule has 34 nitrogen and oxygen atoms in total. The van der Waals surface area contributed by atoms with E-state index < -0.39 is 174 Å². The number of likely N-dealkylation sites (tertiary alicyclic amines) is 1. The minimum Gasteiger partial charge on any atom is -0.394 e. The van der Waals surface area contributed by atoms with E-state index in [4.69, 9.17) is 34.4 Å². The number of fused-ring (bicyclic) bond motifs is 1. The second-order valence-corrected chi connectivity index (χ2v) is 32.4. The highest BCUT2D eigenvalue weighted by atomic mass is 16.3. The van der Waals surface area contributed by atoms with Crippen LogP contribution < -0.4 is 92.9 Å². The Balaban J connectivity index is 1.24. The molecule has 0 bridgehead atoms. The average Bonchev–Trinajstić information content (AvgIpc) is 1.69. The predicted molar refractivity (Wildman–Crippen MR) is 462 cm³/mol. The van der Waals surface area contributed by atoms with Crippen LogP contribution in [-0.2, 0) is 88.0 Å². The van der Waals surface area contributed by atoms with E-state index in [0.717, 1.165) is 16.5 Å². The summed E-state index contributed by atoms with van der Waals surface area (Å²) in [5.41, 5.74) is 38.4. The fourth-order valence-corrected chi connectivity index (χ4v) is 14.4.